The van der Waals surface area contributed by atoms with Crippen molar-refractivity contribution in [1.29, 1.82) is 0 Å². The van der Waals surface area contributed by atoms with Gasteiger partial charge in [0.25, 0.3) is 5.91 Å². The molecular weight excluding hydrogens is 400 g/mol. The van der Waals surface area contributed by atoms with Gasteiger partial charge in [0.15, 0.2) is 11.5 Å². The van der Waals surface area contributed by atoms with E-state index in [1.165, 1.54) is 16.9 Å². The molecule has 0 spiro atoms. The van der Waals surface area contributed by atoms with E-state index < -0.39 is 0 Å². The number of carbonyl (C=O) groups is 1. The summed E-state index contributed by atoms with van der Waals surface area (Å²) in [4.78, 5) is 15.6. The number of nitrogens with one attached hydrogen (secondary N) is 2. The summed E-state index contributed by atoms with van der Waals surface area (Å²) in [5.41, 5.74) is 10.9. The van der Waals surface area contributed by atoms with Crippen molar-refractivity contribution in [2.45, 2.75) is 20.3 Å². The number of aryl methyl sites for hydroxylation is 1. The molecule has 0 aliphatic carbocycles. The molecule has 7 nitrogen and oxygen atoms in total. The van der Waals surface area contributed by atoms with Gasteiger partial charge in [-0.3, -0.25) is 10.5 Å². The van der Waals surface area contributed by atoms with E-state index in [0.29, 0.717) is 40.4 Å². The molecule has 1 heterocycles. The van der Waals surface area contributed by atoms with E-state index in [1.807, 2.05) is 43.3 Å². The molecule has 0 bridgehead atoms. The molecule has 1 amide bonds. The minimum atomic E-state index is -0.313. The molecular formula is C22H25N4O3S+. The average Bonchev–Trinajstić information content (AvgIpc) is 3.08. The van der Waals surface area contributed by atoms with E-state index in [2.05, 4.69) is 27.6 Å². The van der Waals surface area contributed by atoms with Crippen LogP contribution in [0.25, 0.3) is 0 Å². The van der Waals surface area contributed by atoms with Crippen LogP contribution >= 0.6 is 11.3 Å². The summed E-state index contributed by atoms with van der Waals surface area (Å²) in [5, 5.41) is 4.52. The van der Waals surface area contributed by atoms with Crippen LogP contribution in [-0.4, -0.2) is 25.3 Å². The van der Waals surface area contributed by atoms with Gasteiger partial charge in [0, 0.05) is 6.42 Å². The second kappa shape index (κ2) is 10.4. The smallest absolute Gasteiger partial charge is 0.330 e. The van der Waals surface area contributed by atoms with Crippen LogP contribution in [-0.2, 0) is 6.42 Å². The Labute approximate surface area is 179 Å². The van der Waals surface area contributed by atoms with Gasteiger partial charge in [-0.25, -0.2) is 10.4 Å². The Bertz CT molecular complexity index is 1020. The second-order valence-corrected chi connectivity index (χ2v) is 7.52. The van der Waals surface area contributed by atoms with Crippen molar-refractivity contribution in [1.82, 2.24) is 5.43 Å². The van der Waals surface area contributed by atoms with Crippen LogP contribution in [0.4, 0.5) is 5.13 Å². The molecule has 0 radical (unpaired) electrons. The number of H-pyrrole nitrogens is 1. The van der Waals surface area contributed by atoms with Gasteiger partial charge in [0.2, 0.25) is 0 Å². The summed E-state index contributed by atoms with van der Waals surface area (Å²) in [5.74, 6) is 0.999. The van der Waals surface area contributed by atoms with Crippen molar-refractivity contribution in [3.8, 4) is 11.5 Å². The van der Waals surface area contributed by atoms with Crippen molar-refractivity contribution in [3.63, 3.8) is 0 Å². The maximum atomic E-state index is 12.2. The lowest BCUT2D eigenvalue weighted by molar-refractivity contribution is -0.363. The van der Waals surface area contributed by atoms with Crippen molar-refractivity contribution >= 4 is 28.6 Å². The average molecular weight is 426 g/mol. The van der Waals surface area contributed by atoms with Gasteiger partial charge in [-0.2, -0.15) is 5.10 Å². The maximum absolute atomic E-state index is 12.2. The highest BCUT2D eigenvalue weighted by atomic mass is 32.1. The summed E-state index contributed by atoms with van der Waals surface area (Å²) in [7, 11) is 0. The van der Waals surface area contributed by atoms with E-state index in [4.69, 9.17) is 15.2 Å². The maximum Gasteiger partial charge on any atom is 0.330 e. The van der Waals surface area contributed by atoms with Crippen molar-refractivity contribution < 1.29 is 19.3 Å². The van der Waals surface area contributed by atoms with E-state index >= 15 is 0 Å². The predicted molar refractivity (Wildman–Crippen MR) is 118 cm³/mol. The molecule has 3 rings (SSSR count). The summed E-state index contributed by atoms with van der Waals surface area (Å²) in [6.07, 6.45) is 2.36. The number of nitrogen functional groups attached to an aromatic ring is 1. The molecule has 0 saturated heterocycles. The summed E-state index contributed by atoms with van der Waals surface area (Å²) in [6.45, 7) is 4.78. The van der Waals surface area contributed by atoms with Gasteiger partial charge in [-0.15, -0.1) is 0 Å². The summed E-state index contributed by atoms with van der Waals surface area (Å²) < 4.78 is 11.6. The topological polar surface area (TPSA) is 100 Å². The van der Waals surface area contributed by atoms with Crippen molar-refractivity contribution in [2.75, 3.05) is 18.9 Å². The van der Waals surface area contributed by atoms with Crippen molar-refractivity contribution in [3.05, 3.63) is 70.2 Å². The first kappa shape index (κ1) is 21.3. The number of aromatic amines is 1. The highest BCUT2D eigenvalue weighted by Crippen LogP contribution is 2.28. The molecule has 0 atom stereocenters. The van der Waals surface area contributed by atoms with E-state index in [1.54, 1.807) is 13.1 Å². The number of rotatable bonds is 9. The van der Waals surface area contributed by atoms with E-state index in [9.17, 15) is 4.79 Å². The molecule has 0 aliphatic rings. The van der Waals surface area contributed by atoms with E-state index in [-0.39, 0.29) is 5.91 Å². The van der Waals surface area contributed by atoms with Gasteiger partial charge < -0.3 is 9.47 Å². The number of thiazole rings is 1. The monoisotopic (exact) mass is 425 g/mol. The highest BCUT2D eigenvalue weighted by molar-refractivity contribution is 7.16. The number of aromatic nitrogens is 1. The number of amides is 1. The quantitative estimate of drug-likeness (QED) is 0.406. The van der Waals surface area contributed by atoms with Gasteiger partial charge in [-0.05, 0) is 54.5 Å². The summed E-state index contributed by atoms with van der Waals surface area (Å²) in [6, 6.07) is 15.7. The van der Waals surface area contributed by atoms with Gasteiger partial charge in [-0.1, -0.05) is 30.3 Å². The molecule has 0 fully saturated rings. The fraction of sp³-hybridized carbons (Fsp3) is 0.227. The van der Waals surface area contributed by atoms with Crippen LogP contribution in [0.3, 0.4) is 0 Å². The number of ether oxygens (including phenoxy) is 2. The number of nitrogens with zero attached hydrogens (tertiary/aromatic N) is 1. The molecule has 156 valence electrons. The number of hydrogen-bond donors (Lipinski definition) is 2. The predicted octanol–water partition coefficient (Wildman–Crippen LogP) is 3.24. The number of hydrazone groups is 1. The number of anilines is 1. The molecule has 0 aliphatic heterocycles. The lowest BCUT2D eigenvalue weighted by Gasteiger charge is -2.12. The summed E-state index contributed by atoms with van der Waals surface area (Å²) >= 11 is 1.19. The molecule has 0 unspecified atom stereocenters. The van der Waals surface area contributed by atoms with E-state index in [0.717, 1.165) is 12.0 Å². The lowest BCUT2D eigenvalue weighted by Crippen LogP contribution is -2.19. The first-order valence-corrected chi connectivity index (χ1v) is 10.4. The Balaban J connectivity index is 1.64. The third-order valence-electron chi connectivity index (χ3n) is 4.21. The molecule has 1 aromatic heterocycles. The highest BCUT2D eigenvalue weighted by Gasteiger charge is 2.16. The fourth-order valence-electron chi connectivity index (χ4n) is 2.80. The minimum Gasteiger partial charge on any atom is -0.490 e. The molecule has 0 saturated carbocycles. The zero-order valence-electron chi connectivity index (χ0n) is 17.0. The Hall–Kier alpha value is -3.39. The third kappa shape index (κ3) is 5.81. The normalized spacial score (nSPS) is 10.9. The van der Waals surface area contributed by atoms with Crippen LogP contribution in [0, 0.1) is 6.92 Å². The van der Waals surface area contributed by atoms with Crippen LogP contribution < -0.4 is 25.6 Å². The molecule has 2 aromatic carbocycles. The fourth-order valence-corrected chi connectivity index (χ4v) is 3.57. The van der Waals surface area contributed by atoms with Gasteiger partial charge in [0.1, 0.15) is 10.6 Å². The number of nitrogens with two attached hydrogens (primary N) is 1. The zero-order valence-corrected chi connectivity index (χ0v) is 17.8. The molecule has 30 heavy (non-hydrogen) atoms. The Morgan fingerprint density at radius 2 is 2.00 bits per heavy atom. The SMILES string of the molecule is CCOc1ccc(C=NNC(=O)c2sc(N)[nH+]c2C)cc1OCCc1ccccc1. The number of hydrogen-bond acceptors (Lipinski definition) is 6. The van der Waals surface area contributed by atoms with Crippen LogP contribution in [0.2, 0.25) is 0 Å². The van der Waals surface area contributed by atoms with Crippen LogP contribution in [0.15, 0.2) is 53.6 Å². The minimum absolute atomic E-state index is 0.313. The first-order chi connectivity index (χ1) is 14.6. The van der Waals surface area contributed by atoms with Crippen molar-refractivity contribution in [2.24, 2.45) is 5.10 Å². The molecule has 3 aromatic rings. The standard InChI is InChI=1S/C22H24N4O3S/c1-3-28-18-10-9-17(13-19(18)29-12-11-16-7-5-4-6-8-16)14-24-26-21(27)20-15(2)25-22(23)30-20/h4-10,13-14H,3,11-12H2,1-2H3,(H2,23,25)(H,26,27)/p+1. The second-order valence-electron chi connectivity index (χ2n) is 6.47. The Morgan fingerprint density at radius 3 is 2.70 bits per heavy atom. The first-order valence-electron chi connectivity index (χ1n) is 9.62. The molecule has 8 heteroatoms. The Morgan fingerprint density at radius 1 is 1.20 bits per heavy atom. The number of carbonyl (C=O) groups excluding carboxylic acids is 1. The van der Waals surface area contributed by atoms with Gasteiger partial charge in [0.05, 0.1) is 19.4 Å². The largest absolute Gasteiger partial charge is 0.490 e. The Kier molecular flexibility index (Phi) is 7.40. The van der Waals surface area contributed by atoms with Crippen LogP contribution in [0.1, 0.15) is 33.4 Å². The third-order valence-corrected chi connectivity index (χ3v) is 5.23. The number of benzene rings is 2. The zero-order chi connectivity index (χ0) is 21.3. The molecule has 4 N–H and O–H groups in total. The van der Waals surface area contributed by atoms with Gasteiger partial charge >= 0.3 is 5.13 Å². The lowest BCUT2D eigenvalue weighted by atomic mass is 10.2. The van der Waals surface area contributed by atoms with Crippen LogP contribution in [0.5, 0.6) is 11.5 Å².